The number of nitrogens with zero attached hydrogens (tertiary/aromatic N) is 2. The Bertz CT molecular complexity index is 703. The van der Waals surface area contributed by atoms with E-state index in [0.717, 1.165) is 24.3 Å². The van der Waals surface area contributed by atoms with Crippen LogP contribution >= 0.6 is 0 Å². The first-order valence-electron chi connectivity index (χ1n) is 8.05. The van der Waals surface area contributed by atoms with E-state index in [4.69, 9.17) is 9.47 Å². The molecule has 0 atom stereocenters. The summed E-state index contributed by atoms with van der Waals surface area (Å²) in [6, 6.07) is 8.94. The molecule has 7 nitrogen and oxygen atoms in total. The Morgan fingerprint density at radius 2 is 1.96 bits per heavy atom. The largest absolute Gasteiger partial charge is 0.486 e. The molecule has 0 aliphatic carbocycles. The van der Waals surface area contributed by atoms with Gasteiger partial charge in [0.2, 0.25) is 0 Å². The van der Waals surface area contributed by atoms with E-state index in [1.807, 2.05) is 18.2 Å². The number of rotatable bonds is 6. The van der Waals surface area contributed by atoms with Gasteiger partial charge in [0.25, 0.3) is 5.91 Å². The minimum Gasteiger partial charge on any atom is -0.486 e. The Morgan fingerprint density at radius 3 is 2.71 bits per heavy atom. The Hall–Kier alpha value is -2.83. The van der Waals surface area contributed by atoms with Gasteiger partial charge in [0.1, 0.15) is 13.2 Å². The summed E-state index contributed by atoms with van der Waals surface area (Å²) in [6.07, 6.45) is 1.98. The third kappa shape index (κ3) is 3.92. The fraction of sp³-hybridized carbons (Fsp3) is 0.353. The van der Waals surface area contributed by atoms with Gasteiger partial charge in [0, 0.05) is 18.3 Å². The highest BCUT2D eigenvalue weighted by atomic mass is 16.6. The zero-order valence-electron chi connectivity index (χ0n) is 13.5. The van der Waals surface area contributed by atoms with Crippen LogP contribution in [0.2, 0.25) is 0 Å². The van der Waals surface area contributed by atoms with Crippen molar-refractivity contribution in [2.24, 2.45) is 0 Å². The number of hydrogen-bond acceptors (Lipinski definition) is 6. The molecule has 1 amide bonds. The molecule has 1 aliphatic heterocycles. The highest BCUT2D eigenvalue weighted by Gasteiger charge is 2.12. The monoisotopic (exact) mass is 328 g/mol. The van der Waals surface area contributed by atoms with Crippen molar-refractivity contribution in [2.75, 3.05) is 25.1 Å². The zero-order valence-corrected chi connectivity index (χ0v) is 13.5. The smallest absolute Gasteiger partial charge is 0.271 e. The maximum absolute atomic E-state index is 11.9. The first kappa shape index (κ1) is 16.0. The number of carbonyl (C=O) groups excluding carboxylic acids is 1. The standard InChI is InChI=1S/C17H20N4O3/c1-2-3-8-18-17(22)13-5-7-16(21-20-13)19-12-4-6-14-15(11-12)24-10-9-23-14/h4-7,11H,2-3,8-10H2,1H3,(H,18,22)(H,19,21). The fourth-order valence-electron chi connectivity index (χ4n) is 2.26. The number of fused-ring (bicyclic) bond motifs is 1. The van der Waals surface area contributed by atoms with Crippen molar-refractivity contribution < 1.29 is 14.3 Å². The number of carbonyl (C=O) groups is 1. The summed E-state index contributed by atoms with van der Waals surface area (Å²) < 4.78 is 11.0. The molecule has 0 saturated heterocycles. The summed E-state index contributed by atoms with van der Waals surface area (Å²) in [5.41, 5.74) is 1.12. The molecule has 0 fully saturated rings. The van der Waals surface area contributed by atoms with Crippen molar-refractivity contribution in [3.05, 3.63) is 36.0 Å². The number of aromatic nitrogens is 2. The molecule has 0 bridgehead atoms. The molecule has 0 spiro atoms. The Kier molecular flexibility index (Phi) is 5.10. The number of anilines is 2. The summed E-state index contributed by atoms with van der Waals surface area (Å²) >= 11 is 0. The van der Waals surface area contributed by atoms with Crippen LogP contribution < -0.4 is 20.1 Å². The van der Waals surface area contributed by atoms with Gasteiger partial charge in [-0.1, -0.05) is 13.3 Å². The van der Waals surface area contributed by atoms with Crippen LogP contribution in [0.3, 0.4) is 0 Å². The van der Waals surface area contributed by atoms with Crippen molar-refractivity contribution in [3.8, 4) is 11.5 Å². The molecule has 1 aromatic heterocycles. The number of hydrogen-bond donors (Lipinski definition) is 2. The SMILES string of the molecule is CCCCNC(=O)c1ccc(Nc2ccc3c(c2)OCCO3)nn1. The van der Waals surface area contributed by atoms with E-state index in [2.05, 4.69) is 27.8 Å². The van der Waals surface area contributed by atoms with Crippen molar-refractivity contribution in [1.82, 2.24) is 15.5 Å². The number of nitrogens with one attached hydrogen (secondary N) is 2. The fourth-order valence-corrected chi connectivity index (χ4v) is 2.26. The van der Waals surface area contributed by atoms with Gasteiger partial charge in [-0.2, -0.15) is 0 Å². The first-order valence-corrected chi connectivity index (χ1v) is 8.05. The topological polar surface area (TPSA) is 85.4 Å². The number of ether oxygens (including phenoxy) is 2. The molecule has 0 saturated carbocycles. The van der Waals surface area contributed by atoms with E-state index in [9.17, 15) is 4.79 Å². The van der Waals surface area contributed by atoms with Crippen LogP contribution in [0.15, 0.2) is 30.3 Å². The molecule has 2 heterocycles. The molecule has 2 N–H and O–H groups in total. The number of unbranched alkanes of at least 4 members (excludes halogenated alkanes) is 1. The normalized spacial score (nSPS) is 12.5. The third-order valence-corrected chi connectivity index (χ3v) is 3.53. The molecule has 0 radical (unpaired) electrons. The molecule has 3 rings (SSSR count). The van der Waals surface area contributed by atoms with Crippen LogP contribution in [0.4, 0.5) is 11.5 Å². The molecule has 0 unspecified atom stereocenters. The molecular weight excluding hydrogens is 308 g/mol. The summed E-state index contributed by atoms with van der Waals surface area (Å²) in [5, 5.41) is 13.9. The molecule has 1 aliphatic rings. The van der Waals surface area contributed by atoms with Gasteiger partial charge in [0.15, 0.2) is 23.0 Å². The van der Waals surface area contributed by atoms with Crippen molar-refractivity contribution in [1.29, 1.82) is 0 Å². The molecule has 24 heavy (non-hydrogen) atoms. The third-order valence-electron chi connectivity index (χ3n) is 3.53. The average Bonchev–Trinajstić information content (AvgIpc) is 2.62. The van der Waals surface area contributed by atoms with E-state index in [0.29, 0.717) is 37.0 Å². The second-order valence-corrected chi connectivity index (χ2v) is 5.40. The molecule has 7 heteroatoms. The lowest BCUT2D eigenvalue weighted by atomic mass is 10.2. The summed E-state index contributed by atoms with van der Waals surface area (Å²) in [6.45, 7) is 3.82. The maximum Gasteiger partial charge on any atom is 0.271 e. The van der Waals surface area contributed by atoms with Gasteiger partial charge in [0.05, 0.1) is 0 Å². The van der Waals surface area contributed by atoms with Gasteiger partial charge in [-0.15, -0.1) is 10.2 Å². The van der Waals surface area contributed by atoms with E-state index in [-0.39, 0.29) is 5.91 Å². The van der Waals surface area contributed by atoms with Gasteiger partial charge in [-0.3, -0.25) is 4.79 Å². The second kappa shape index (κ2) is 7.63. The maximum atomic E-state index is 11.9. The number of benzene rings is 1. The summed E-state index contributed by atoms with van der Waals surface area (Å²) in [4.78, 5) is 11.9. The summed E-state index contributed by atoms with van der Waals surface area (Å²) in [5.74, 6) is 1.78. The van der Waals surface area contributed by atoms with E-state index < -0.39 is 0 Å². The Balaban J connectivity index is 1.63. The van der Waals surface area contributed by atoms with Gasteiger partial charge in [-0.25, -0.2) is 0 Å². The van der Waals surface area contributed by atoms with Crippen LogP contribution in [-0.2, 0) is 0 Å². The zero-order chi connectivity index (χ0) is 16.8. The highest BCUT2D eigenvalue weighted by Crippen LogP contribution is 2.33. The average molecular weight is 328 g/mol. The Labute approximate surface area is 140 Å². The molecule has 1 aromatic carbocycles. The molecular formula is C17H20N4O3. The minimum absolute atomic E-state index is 0.207. The van der Waals surface area contributed by atoms with Crippen LogP contribution in [-0.4, -0.2) is 35.9 Å². The van der Waals surface area contributed by atoms with E-state index in [1.54, 1.807) is 12.1 Å². The predicted molar refractivity (Wildman–Crippen MR) is 90.0 cm³/mol. The van der Waals surface area contributed by atoms with Crippen molar-refractivity contribution in [3.63, 3.8) is 0 Å². The van der Waals surface area contributed by atoms with Gasteiger partial charge >= 0.3 is 0 Å². The first-order chi connectivity index (χ1) is 11.8. The van der Waals surface area contributed by atoms with Crippen LogP contribution in [0.1, 0.15) is 30.3 Å². The van der Waals surface area contributed by atoms with Crippen LogP contribution in [0.5, 0.6) is 11.5 Å². The quantitative estimate of drug-likeness (QED) is 0.793. The molecule has 2 aromatic rings. The predicted octanol–water partition coefficient (Wildman–Crippen LogP) is 2.52. The second-order valence-electron chi connectivity index (χ2n) is 5.40. The highest BCUT2D eigenvalue weighted by molar-refractivity contribution is 5.92. The van der Waals surface area contributed by atoms with Crippen molar-refractivity contribution in [2.45, 2.75) is 19.8 Å². The Morgan fingerprint density at radius 1 is 1.12 bits per heavy atom. The van der Waals surface area contributed by atoms with Crippen molar-refractivity contribution >= 4 is 17.4 Å². The number of amides is 1. The lowest BCUT2D eigenvalue weighted by molar-refractivity contribution is 0.0947. The molecule has 126 valence electrons. The lowest BCUT2D eigenvalue weighted by Crippen LogP contribution is -2.25. The van der Waals surface area contributed by atoms with Gasteiger partial charge < -0.3 is 20.1 Å². The van der Waals surface area contributed by atoms with E-state index >= 15 is 0 Å². The van der Waals surface area contributed by atoms with E-state index in [1.165, 1.54) is 0 Å². The summed E-state index contributed by atoms with van der Waals surface area (Å²) in [7, 11) is 0. The minimum atomic E-state index is -0.207. The van der Waals surface area contributed by atoms with Crippen LogP contribution in [0, 0.1) is 0 Å². The van der Waals surface area contributed by atoms with Gasteiger partial charge in [-0.05, 0) is 30.7 Å². The van der Waals surface area contributed by atoms with Crippen LogP contribution in [0.25, 0.3) is 0 Å². The lowest BCUT2D eigenvalue weighted by Gasteiger charge is -2.19.